The fraction of sp³-hybridized carbons (Fsp3) is 0.538. The quantitative estimate of drug-likeness (QED) is 0.868. The minimum atomic E-state index is -3.25. The van der Waals surface area contributed by atoms with Crippen molar-refractivity contribution in [3.05, 3.63) is 29.6 Å². The molecule has 1 heterocycles. The van der Waals surface area contributed by atoms with E-state index in [2.05, 4.69) is 12.2 Å². The molecular formula is C13H18FNO2S2. The molecule has 1 aromatic rings. The Kier molecular flexibility index (Phi) is 4.53. The average molecular weight is 303 g/mol. The molecule has 2 atom stereocenters. The summed E-state index contributed by atoms with van der Waals surface area (Å²) in [7, 11) is -3.25. The number of thioether (sulfide) groups is 1. The van der Waals surface area contributed by atoms with Crippen LogP contribution in [0.1, 0.15) is 24.9 Å². The normalized spacial score (nSPS) is 22.8. The molecule has 0 radical (unpaired) electrons. The molecule has 0 spiro atoms. The zero-order valence-corrected chi connectivity index (χ0v) is 12.7. The second-order valence-corrected chi connectivity index (χ2v) is 7.85. The number of hydrogen-bond acceptors (Lipinski definition) is 4. The summed E-state index contributed by atoms with van der Waals surface area (Å²) in [5.41, 5.74) is 0.569. The molecule has 0 saturated carbocycles. The number of benzene rings is 1. The molecule has 0 saturated heterocycles. The molecule has 0 aliphatic carbocycles. The van der Waals surface area contributed by atoms with Crippen molar-refractivity contribution >= 4 is 21.6 Å². The van der Waals surface area contributed by atoms with Gasteiger partial charge in [0.2, 0.25) is 0 Å². The van der Waals surface area contributed by atoms with E-state index in [1.54, 1.807) is 11.8 Å². The molecule has 2 unspecified atom stereocenters. The maximum absolute atomic E-state index is 13.4. The third-order valence-electron chi connectivity index (χ3n) is 3.26. The lowest BCUT2D eigenvalue weighted by molar-refractivity contribution is 0.450. The zero-order chi connectivity index (χ0) is 14.0. The molecule has 1 aliphatic heterocycles. The topological polar surface area (TPSA) is 46.2 Å². The third kappa shape index (κ3) is 3.30. The summed E-state index contributed by atoms with van der Waals surface area (Å²) < 4.78 is 37.4. The summed E-state index contributed by atoms with van der Waals surface area (Å²) in [4.78, 5) is 0.272. The van der Waals surface area contributed by atoms with Crippen LogP contribution >= 0.6 is 11.8 Å². The molecule has 0 bridgehead atoms. The van der Waals surface area contributed by atoms with E-state index >= 15 is 0 Å². The Morgan fingerprint density at radius 2 is 2.26 bits per heavy atom. The van der Waals surface area contributed by atoms with Gasteiger partial charge in [0.25, 0.3) is 0 Å². The van der Waals surface area contributed by atoms with Gasteiger partial charge in [-0.25, -0.2) is 12.8 Å². The van der Waals surface area contributed by atoms with Crippen molar-refractivity contribution in [2.24, 2.45) is 0 Å². The SMILES string of the molecule is CSCC(C)NC1CCS(=O)(=O)c2ccc(F)cc21. The summed E-state index contributed by atoms with van der Waals surface area (Å²) in [6.07, 6.45) is 2.52. The highest BCUT2D eigenvalue weighted by Gasteiger charge is 2.31. The maximum Gasteiger partial charge on any atom is 0.178 e. The van der Waals surface area contributed by atoms with Crippen molar-refractivity contribution in [1.29, 1.82) is 0 Å². The number of hydrogen-bond donors (Lipinski definition) is 1. The van der Waals surface area contributed by atoms with Gasteiger partial charge in [0.1, 0.15) is 5.82 Å². The number of nitrogens with one attached hydrogen (secondary N) is 1. The lowest BCUT2D eigenvalue weighted by atomic mass is 10.0. The van der Waals surface area contributed by atoms with Crippen molar-refractivity contribution in [3.63, 3.8) is 0 Å². The molecule has 1 N–H and O–H groups in total. The molecule has 106 valence electrons. The molecule has 2 rings (SSSR count). The van der Waals surface area contributed by atoms with Crippen LogP contribution < -0.4 is 5.32 Å². The van der Waals surface area contributed by atoms with E-state index in [-0.39, 0.29) is 28.5 Å². The number of sulfone groups is 1. The molecule has 0 aromatic heterocycles. The predicted molar refractivity (Wildman–Crippen MR) is 76.8 cm³/mol. The van der Waals surface area contributed by atoms with Gasteiger partial charge in [0.15, 0.2) is 9.84 Å². The van der Waals surface area contributed by atoms with Crippen LogP contribution in [0.2, 0.25) is 0 Å². The first kappa shape index (κ1) is 14.8. The summed E-state index contributed by atoms with van der Waals surface area (Å²) in [6.45, 7) is 2.05. The Hall–Kier alpha value is -0.590. The number of rotatable bonds is 4. The lowest BCUT2D eigenvalue weighted by Gasteiger charge is -2.29. The van der Waals surface area contributed by atoms with Crippen LogP contribution in [0.5, 0.6) is 0 Å². The van der Waals surface area contributed by atoms with Crippen molar-refractivity contribution < 1.29 is 12.8 Å². The Morgan fingerprint density at radius 1 is 1.53 bits per heavy atom. The minimum Gasteiger partial charge on any atom is -0.307 e. The highest BCUT2D eigenvalue weighted by Crippen LogP contribution is 2.33. The van der Waals surface area contributed by atoms with Gasteiger partial charge >= 0.3 is 0 Å². The van der Waals surface area contributed by atoms with Crippen molar-refractivity contribution in [3.8, 4) is 0 Å². The van der Waals surface area contributed by atoms with Gasteiger partial charge in [0, 0.05) is 17.8 Å². The summed E-state index contributed by atoms with van der Waals surface area (Å²) in [5.74, 6) is 0.670. The molecule has 1 aromatic carbocycles. The van der Waals surface area contributed by atoms with E-state index < -0.39 is 9.84 Å². The largest absolute Gasteiger partial charge is 0.307 e. The van der Waals surface area contributed by atoms with E-state index in [0.29, 0.717) is 12.0 Å². The first-order valence-electron chi connectivity index (χ1n) is 6.21. The van der Waals surface area contributed by atoms with Crippen LogP contribution in [-0.2, 0) is 9.84 Å². The van der Waals surface area contributed by atoms with Gasteiger partial charge in [-0.05, 0) is 43.4 Å². The average Bonchev–Trinajstić information content (AvgIpc) is 2.33. The fourth-order valence-corrected chi connectivity index (χ4v) is 4.63. The summed E-state index contributed by atoms with van der Waals surface area (Å²) >= 11 is 1.73. The van der Waals surface area contributed by atoms with Crippen LogP contribution in [0.3, 0.4) is 0 Å². The molecule has 1 aliphatic rings. The number of halogens is 1. The molecule has 0 amide bonds. The van der Waals surface area contributed by atoms with E-state index in [9.17, 15) is 12.8 Å². The predicted octanol–water partition coefficient (Wildman–Crippen LogP) is 2.39. The van der Waals surface area contributed by atoms with Crippen LogP contribution in [0.15, 0.2) is 23.1 Å². The third-order valence-corrected chi connectivity index (χ3v) is 5.91. The minimum absolute atomic E-state index is 0.0867. The van der Waals surface area contributed by atoms with Crippen molar-refractivity contribution in [2.45, 2.75) is 30.3 Å². The monoisotopic (exact) mass is 303 g/mol. The van der Waals surface area contributed by atoms with Gasteiger partial charge in [-0.2, -0.15) is 11.8 Å². The second-order valence-electron chi connectivity index (χ2n) is 4.87. The summed E-state index contributed by atoms with van der Waals surface area (Å²) in [5, 5.41) is 3.39. The molecule has 19 heavy (non-hydrogen) atoms. The van der Waals surface area contributed by atoms with Crippen LogP contribution in [-0.4, -0.2) is 32.2 Å². The Labute approximate surface area is 117 Å². The first-order chi connectivity index (χ1) is 8.94. The lowest BCUT2D eigenvalue weighted by Crippen LogP contribution is -2.36. The Morgan fingerprint density at radius 3 is 2.95 bits per heavy atom. The summed E-state index contributed by atoms with van der Waals surface area (Å²) in [6, 6.07) is 4.11. The van der Waals surface area contributed by atoms with Gasteiger partial charge in [-0.15, -0.1) is 0 Å². The standard InChI is InChI=1S/C13H18FNO2S2/c1-9(8-18-2)15-12-5-6-19(16,17)13-4-3-10(14)7-11(12)13/h3-4,7,9,12,15H,5-6,8H2,1-2H3. The fourth-order valence-electron chi connectivity index (χ4n) is 2.43. The first-order valence-corrected chi connectivity index (χ1v) is 9.26. The molecule has 6 heteroatoms. The zero-order valence-electron chi connectivity index (χ0n) is 11.0. The maximum atomic E-state index is 13.4. The Balaban J connectivity index is 2.32. The van der Waals surface area contributed by atoms with E-state index in [4.69, 9.17) is 0 Å². The van der Waals surface area contributed by atoms with E-state index in [1.807, 2.05) is 6.26 Å². The van der Waals surface area contributed by atoms with Gasteiger partial charge in [-0.3, -0.25) is 0 Å². The molecular weight excluding hydrogens is 285 g/mol. The van der Waals surface area contributed by atoms with E-state index in [1.165, 1.54) is 18.2 Å². The van der Waals surface area contributed by atoms with Gasteiger partial charge in [-0.1, -0.05) is 0 Å². The van der Waals surface area contributed by atoms with Crippen LogP contribution in [0, 0.1) is 5.82 Å². The van der Waals surface area contributed by atoms with Crippen molar-refractivity contribution in [2.75, 3.05) is 17.8 Å². The van der Waals surface area contributed by atoms with Gasteiger partial charge in [0.05, 0.1) is 10.6 Å². The second kappa shape index (κ2) is 5.81. The van der Waals surface area contributed by atoms with Crippen molar-refractivity contribution in [1.82, 2.24) is 5.32 Å². The van der Waals surface area contributed by atoms with Gasteiger partial charge < -0.3 is 5.32 Å². The van der Waals surface area contributed by atoms with E-state index in [0.717, 1.165) is 5.75 Å². The number of fused-ring (bicyclic) bond motifs is 1. The highest BCUT2D eigenvalue weighted by molar-refractivity contribution is 7.98. The highest BCUT2D eigenvalue weighted by atomic mass is 32.2. The molecule has 3 nitrogen and oxygen atoms in total. The van der Waals surface area contributed by atoms with Crippen LogP contribution in [0.25, 0.3) is 0 Å². The van der Waals surface area contributed by atoms with Crippen LogP contribution in [0.4, 0.5) is 4.39 Å². The smallest absolute Gasteiger partial charge is 0.178 e. The molecule has 0 fully saturated rings. The Bertz CT molecular complexity index is 560.